The summed E-state index contributed by atoms with van der Waals surface area (Å²) < 4.78 is 61.5. The first-order valence-electron chi connectivity index (χ1n) is 9.85. The summed E-state index contributed by atoms with van der Waals surface area (Å²) in [5.74, 6) is -3.91. The van der Waals surface area contributed by atoms with E-state index in [0.29, 0.717) is 10.1 Å². The number of carbonyl (C=O) groups excluding carboxylic acids is 1. The Bertz CT molecular complexity index is 1430. The molecular formula is C22H18F3N3O5S. The molecule has 0 radical (unpaired) electrons. The summed E-state index contributed by atoms with van der Waals surface area (Å²) in [7, 11) is -3.73. The maximum Gasteiger partial charge on any atom is 0.330 e. The van der Waals surface area contributed by atoms with Crippen LogP contribution in [0.4, 0.5) is 13.2 Å². The molecule has 8 nitrogen and oxygen atoms in total. The van der Waals surface area contributed by atoms with E-state index < -0.39 is 62.5 Å². The number of carbonyl (C=O) groups is 1. The van der Waals surface area contributed by atoms with Gasteiger partial charge in [0.05, 0.1) is 17.9 Å². The Morgan fingerprint density at radius 1 is 1.03 bits per heavy atom. The van der Waals surface area contributed by atoms with E-state index in [9.17, 15) is 36.7 Å². The number of aromatic amines is 1. The highest BCUT2D eigenvalue weighted by Crippen LogP contribution is 2.51. The van der Waals surface area contributed by atoms with Crippen molar-refractivity contribution in [1.29, 1.82) is 0 Å². The number of nitrogens with zero attached hydrogens (tertiary/aromatic N) is 1. The van der Waals surface area contributed by atoms with Gasteiger partial charge in [-0.05, 0) is 41.5 Å². The molecule has 1 amide bonds. The first-order valence-corrected chi connectivity index (χ1v) is 11.6. The molecule has 3 aromatic rings. The van der Waals surface area contributed by atoms with Crippen molar-refractivity contribution < 1.29 is 27.1 Å². The van der Waals surface area contributed by atoms with Crippen LogP contribution >= 0.6 is 10.6 Å². The summed E-state index contributed by atoms with van der Waals surface area (Å²) in [6.07, 6.45) is 1.15. The molecule has 1 aromatic heterocycles. The Morgan fingerprint density at radius 2 is 1.71 bits per heavy atom. The highest BCUT2D eigenvalue weighted by Gasteiger charge is 2.32. The molecule has 12 heteroatoms. The maximum atomic E-state index is 13.5. The Balaban J connectivity index is 1.67. The molecule has 2 aromatic carbocycles. The predicted molar refractivity (Wildman–Crippen MR) is 119 cm³/mol. The number of fused-ring (bicyclic) bond motifs is 1. The lowest BCUT2D eigenvalue weighted by molar-refractivity contribution is -0.117. The molecule has 0 unspecified atom stereocenters. The van der Waals surface area contributed by atoms with Crippen molar-refractivity contribution in [2.45, 2.75) is 18.1 Å². The number of benzene rings is 2. The molecular weight excluding hydrogens is 475 g/mol. The number of aromatic nitrogens is 2. The van der Waals surface area contributed by atoms with Crippen molar-refractivity contribution in [3.63, 3.8) is 0 Å². The minimum absolute atomic E-state index is 0.0223. The van der Waals surface area contributed by atoms with Crippen molar-refractivity contribution in [2.24, 2.45) is 0 Å². The quantitative estimate of drug-likeness (QED) is 0.407. The summed E-state index contributed by atoms with van der Waals surface area (Å²) in [5, 5.41) is 2.15. The predicted octanol–water partition coefficient (Wildman–Crippen LogP) is 2.83. The summed E-state index contributed by atoms with van der Waals surface area (Å²) >= 11 is 0. The fourth-order valence-electron chi connectivity index (χ4n) is 3.45. The molecule has 0 fully saturated rings. The normalized spacial score (nSPS) is 15.3. The smallest absolute Gasteiger partial charge is 0.330 e. The van der Waals surface area contributed by atoms with Gasteiger partial charge in [-0.25, -0.2) is 18.0 Å². The van der Waals surface area contributed by atoms with Gasteiger partial charge in [0, 0.05) is 12.1 Å². The fourth-order valence-corrected chi connectivity index (χ4v) is 4.99. The van der Waals surface area contributed by atoms with Crippen LogP contribution in [0.3, 0.4) is 0 Å². The van der Waals surface area contributed by atoms with E-state index in [1.165, 1.54) is 30.3 Å². The van der Waals surface area contributed by atoms with Gasteiger partial charge < -0.3 is 5.32 Å². The van der Waals surface area contributed by atoms with Crippen LogP contribution in [0.2, 0.25) is 0 Å². The van der Waals surface area contributed by atoms with E-state index in [1.807, 2.05) is 0 Å². The van der Waals surface area contributed by atoms with E-state index in [2.05, 4.69) is 10.3 Å². The topological polar surface area (TPSA) is 124 Å². The van der Waals surface area contributed by atoms with Crippen molar-refractivity contribution >= 4 is 22.6 Å². The van der Waals surface area contributed by atoms with E-state index in [1.54, 1.807) is 0 Å². The zero-order chi connectivity index (χ0) is 24.6. The number of rotatable bonds is 5. The van der Waals surface area contributed by atoms with Crippen LogP contribution in [0.15, 0.2) is 62.7 Å². The van der Waals surface area contributed by atoms with Gasteiger partial charge in [-0.1, -0.05) is 18.2 Å². The van der Waals surface area contributed by atoms with E-state index in [-0.39, 0.29) is 23.2 Å². The van der Waals surface area contributed by atoms with Crippen LogP contribution in [0, 0.1) is 17.5 Å². The standard InChI is InChI=1S/C22H18F3N3O5S/c23-15-4-1-12(2-5-15)9-26-19(29)14-8-16-20(34(32,33)11-14)27-22(31)28(21(16)30)10-13-3-6-17(24)18(25)7-13/h1-8,32-33H,9-11H2,(H,26,29)(H,27,31). The van der Waals surface area contributed by atoms with Crippen molar-refractivity contribution in [2.75, 3.05) is 5.75 Å². The maximum absolute atomic E-state index is 13.5. The molecule has 1 aliphatic rings. The first kappa shape index (κ1) is 23.5. The highest BCUT2D eigenvalue weighted by atomic mass is 32.3. The Kier molecular flexibility index (Phi) is 6.21. The molecule has 2 heterocycles. The number of halogens is 3. The minimum atomic E-state index is -3.73. The lowest BCUT2D eigenvalue weighted by atomic mass is 10.1. The summed E-state index contributed by atoms with van der Waals surface area (Å²) in [6, 6.07) is 8.26. The monoisotopic (exact) mass is 493 g/mol. The molecule has 0 saturated heterocycles. The van der Waals surface area contributed by atoms with Crippen LogP contribution in [0.1, 0.15) is 16.7 Å². The van der Waals surface area contributed by atoms with Crippen molar-refractivity contribution in [3.8, 4) is 0 Å². The molecule has 4 N–H and O–H groups in total. The summed E-state index contributed by atoms with van der Waals surface area (Å²) in [6.45, 7) is -0.397. The van der Waals surface area contributed by atoms with Gasteiger partial charge in [0.2, 0.25) is 5.91 Å². The SMILES string of the molecule is O=C(NCc1ccc(F)cc1)C1=Cc2c([nH]c(=O)n(Cc3ccc(F)c(F)c3)c2=O)S(O)(O)C1. The summed E-state index contributed by atoms with van der Waals surface area (Å²) in [4.78, 5) is 40.4. The molecule has 178 valence electrons. The van der Waals surface area contributed by atoms with Gasteiger partial charge in [-0.3, -0.25) is 28.2 Å². The highest BCUT2D eigenvalue weighted by molar-refractivity contribution is 8.24. The lowest BCUT2D eigenvalue weighted by Crippen LogP contribution is -2.40. The van der Waals surface area contributed by atoms with E-state index >= 15 is 0 Å². The number of nitrogens with one attached hydrogen (secondary N) is 2. The van der Waals surface area contributed by atoms with Crippen molar-refractivity contribution in [3.05, 3.63) is 103 Å². The molecule has 0 aliphatic carbocycles. The second-order valence-electron chi connectivity index (χ2n) is 7.60. The zero-order valence-corrected chi connectivity index (χ0v) is 18.2. The van der Waals surface area contributed by atoms with Crippen LogP contribution in [0.5, 0.6) is 0 Å². The number of amides is 1. The molecule has 4 rings (SSSR count). The van der Waals surface area contributed by atoms with Gasteiger partial charge in [0.25, 0.3) is 5.56 Å². The fraction of sp³-hybridized carbons (Fsp3) is 0.136. The van der Waals surface area contributed by atoms with Gasteiger partial charge in [-0.2, -0.15) is 0 Å². The second kappa shape index (κ2) is 8.97. The second-order valence-corrected chi connectivity index (χ2v) is 9.63. The van der Waals surface area contributed by atoms with E-state index in [4.69, 9.17) is 0 Å². The van der Waals surface area contributed by atoms with Gasteiger partial charge in [0.15, 0.2) is 11.6 Å². The van der Waals surface area contributed by atoms with E-state index in [0.717, 1.165) is 18.2 Å². The average Bonchev–Trinajstić information content (AvgIpc) is 2.78. The summed E-state index contributed by atoms with van der Waals surface area (Å²) in [5.41, 5.74) is -1.62. The van der Waals surface area contributed by atoms with Gasteiger partial charge >= 0.3 is 5.69 Å². The molecule has 1 aliphatic heterocycles. The van der Waals surface area contributed by atoms with Gasteiger partial charge in [-0.15, -0.1) is 10.6 Å². The average molecular weight is 493 g/mol. The third-order valence-corrected chi connectivity index (χ3v) is 6.86. The molecule has 0 spiro atoms. The van der Waals surface area contributed by atoms with Crippen LogP contribution < -0.4 is 16.6 Å². The molecule has 0 atom stereocenters. The third kappa shape index (κ3) is 4.69. The minimum Gasteiger partial charge on any atom is -0.348 e. The largest absolute Gasteiger partial charge is 0.348 e. The van der Waals surface area contributed by atoms with Crippen LogP contribution in [-0.4, -0.2) is 30.3 Å². The van der Waals surface area contributed by atoms with Crippen LogP contribution in [-0.2, 0) is 17.9 Å². The number of H-pyrrole nitrogens is 1. The number of hydrogen-bond donors (Lipinski definition) is 4. The van der Waals surface area contributed by atoms with Gasteiger partial charge in [0.1, 0.15) is 10.8 Å². The third-order valence-electron chi connectivity index (χ3n) is 5.17. The Hall–Kier alpha value is -3.61. The lowest BCUT2D eigenvalue weighted by Gasteiger charge is -2.36. The molecule has 34 heavy (non-hydrogen) atoms. The zero-order valence-electron chi connectivity index (χ0n) is 17.3. The Morgan fingerprint density at radius 3 is 2.38 bits per heavy atom. The number of hydrogen-bond acceptors (Lipinski definition) is 5. The Labute approximate surface area is 191 Å². The van der Waals surface area contributed by atoms with Crippen LogP contribution in [0.25, 0.3) is 6.08 Å². The van der Waals surface area contributed by atoms with Crippen molar-refractivity contribution in [1.82, 2.24) is 14.9 Å². The first-order chi connectivity index (χ1) is 16.0. The molecule has 0 bridgehead atoms. The molecule has 0 saturated carbocycles.